The van der Waals surface area contributed by atoms with Crippen LogP contribution in [0.3, 0.4) is 0 Å². The third-order valence-corrected chi connectivity index (χ3v) is 5.90. The smallest absolute Gasteiger partial charge is 0.272 e. The van der Waals surface area contributed by atoms with Crippen LogP contribution in [0.15, 0.2) is 36.5 Å². The lowest BCUT2D eigenvalue weighted by molar-refractivity contribution is -0.122. The highest BCUT2D eigenvalue weighted by Crippen LogP contribution is 2.33. The Morgan fingerprint density at radius 1 is 1.25 bits per heavy atom. The van der Waals surface area contributed by atoms with Crippen LogP contribution in [0, 0.1) is 5.82 Å². The number of carbonyl (C=O) groups excluding carboxylic acids is 2. The van der Waals surface area contributed by atoms with Gasteiger partial charge in [-0.25, -0.2) is 4.39 Å². The number of nitrogens with zero attached hydrogens (tertiary/aromatic N) is 3. The Kier molecular flexibility index (Phi) is 5.15. The summed E-state index contributed by atoms with van der Waals surface area (Å²) in [6.45, 7) is 0. The number of halogens is 1. The zero-order valence-electron chi connectivity index (χ0n) is 16.0. The maximum absolute atomic E-state index is 13.4. The number of carbonyl (C=O) groups is 2. The lowest BCUT2D eigenvalue weighted by Crippen LogP contribution is -2.49. The minimum absolute atomic E-state index is 0.0305. The first-order valence-electron chi connectivity index (χ1n) is 9.87. The lowest BCUT2D eigenvalue weighted by atomic mass is 9.97. The summed E-state index contributed by atoms with van der Waals surface area (Å²) in [6, 6.07) is 8.02. The molecule has 1 N–H and O–H groups in total. The Balaban J connectivity index is 1.65. The maximum Gasteiger partial charge on any atom is 0.272 e. The molecule has 0 radical (unpaired) electrons. The Hall–Kier alpha value is -2.70. The normalized spacial score (nSPS) is 25.0. The number of aryl methyl sites for hydroxylation is 1. The number of nitrogens with one attached hydrogen (secondary N) is 1. The van der Waals surface area contributed by atoms with E-state index in [0.29, 0.717) is 25.0 Å². The highest BCUT2D eigenvalue weighted by molar-refractivity contribution is 5.93. The molecule has 3 atom stereocenters. The van der Waals surface area contributed by atoms with Crippen molar-refractivity contribution in [2.75, 3.05) is 0 Å². The molecule has 4 rings (SSSR count). The van der Waals surface area contributed by atoms with Gasteiger partial charge >= 0.3 is 0 Å². The van der Waals surface area contributed by atoms with E-state index in [1.54, 1.807) is 36.1 Å². The zero-order chi connectivity index (χ0) is 19.7. The molecular formula is C21H25FN4O2. The van der Waals surface area contributed by atoms with Crippen molar-refractivity contribution < 1.29 is 14.0 Å². The molecule has 0 unspecified atom stereocenters. The molecule has 2 aliphatic heterocycles. The molecule has 2 amide bonds. The molecule has 1 aromatic carbocycles. The van der Waals surface area contributed by atoms with Crippen molar-refractivity contribution in [1.82, 2.24) is 20.0 Å². The third kappa shape index (κ3) is 3.66. The van der Waals surface area contributed by atoms with Crippen molar-refractivity contribution in [2.24, 2.45) is 7.05 Å². The first kappa shape index (κ1) is 18.7. The molecule has 2 fully saturated rings. The third-order valence-electron chi connectivity index (χ3n) is 5.90. The molecule has 0 bridgehead atoms. The molecule has 6 nitrogen and oxygen atoms in total. The second kappa shape index (κ2) is 7.73. The fraction of sp³-hybridized carbons (Fsp3) is 0.476. The summed E-state index contributed by atoms with van der Waals surface area (Å²) in [5.74, 6) is -0.272. The summed E-state index contributed by atoms with van der Waals surface area (Å²) >= 11 is 0. The van der Waals surface area contributed by atoms with Gasteiger partial charge in [-0.05, 0) is 49.4 Å². The van der Waals surface area contributed by atoms with Gasteiger partial charge in [0.05, 0.1) is 12.1 Å². The van der Waals surface area contributed by atoms with Crippen LogP contribution in [0.25, 0.3) is 0 Å². The van der Waals surface area contributed by atoms with Crippen molar-refractivity contribution in [1.29, 1.82) is 0 Å². The van der Waals surface area contributed by atoms with Crippen LogP contribution < -0.4 is 5.32 Å². The molecule has 28 heavy (non-hydrogen) atoms. The predicted molar refractivity (Wildman–Crippen MR) is 102 cm³/mol. The Morgan fingerprint density at radius 3 is 2.75 bits per heavy atom. The van der Waals surface area contributed by atoms with Crippen LogP contribution in [0.5, 0.6) is 0 Å². The van der Waals surface area contributed by atoms with Gasteiger partial charge in [0.25, 0.3) is 5.91 Å². The molecule has 1 aromatic heterocycles. The van der Waals surface area contributed by atoms with Gasteiger partial charge in [0, 0.05) is 25.7 Å². The van der Waals surface area contributed by atoms with Gasteiger partial charge in [0.15, 0.2) is 0 Å². The monoisotopic (exact) mass is 384 g/mol. The van der Waals surface area contributed by atoms with E-state index in [1.807, 2.05) is 4.90 Å². The van der Waals surface area contributed by atoms with Crippen LogP contribution in [-0.2, 0) is 18.3 Å². The van der Waals surface area contributed by atoms with Gasteiger partial charge in [0.2, 0.25) is 5.91 Å². The van der Waals surface area contributed by atoms with Crippen molar-refractivity contribution in [2.45, 2.75) is 56.7 Å². The number of fused-ring (bicyclic) bond motifs is 1. The van der Waals surface area contributed by atoms with E-state index >= 15 is 0 Å². The van der Waals surface area contributed by atoms with Gasteiger partial charge < -0.3 is 10.2 Å². The van der Waals surface area contributed by atoms with E-state index < -0.39 is 0 Å². The minimum Gasteiger partial charge on any atom is -0.351 e. The Morgan fingerprint density at radius 2 is 2.04 bits per heavy atom. The Bertz CT molecular complexity index is 864. The van der Waals surface area contributed by atoms with Crippen LogP contribution in [-0.4, -0.2) is 44.6 Å². The van der Waals surface area contributed by atoms with Crippen LogP contribution in [0.4, 0.5) is 4.39 Å². The molecule has 2 saturated heterocycles. The number of aromatic nitrogens is 2. The van der Waals surface area contributed by atoms with E-state index in [2.05, 4.69) is 10.4 Å². The number of hydrogen-bond donors (Lipinski definition) is 1. The average molecular weight is 384 g/mol. The summed E-state index contributed by atoms with van der Waals surface area (Å²) in [5, 5.41) is 7.27. The quantitative estimate of drug-likeness (QED) is 0.884. The second-order valence-corrected chi connectivity index (χ2v) is 7.76. The van der Waals surface area contributed by atoms with Gasteiger partial charge in [-0.3, -0.25) is 14.3 Å². The van der Waals surface area contributed by atoms with Crippen molar-refractivity contribution in [3.05, 3.63) is 53.6 Å². The molecule has 7 heteroatoms. The second-order valence-electron chi connectivity index (χ2n) is 7.76. The largest absolute Gasteiger partial charge is 0.351 e. The Labute approximate surface area is 163 Å². The van der Waals surface area contributed by atoms with E-state index in [-0.39, 0.29) is 35.8 Å². The summed E-state index contributed by atoms with van der Waals surface area (Å²) in [5.41, 5.74) is 1.52. The zero-order valence-corrected chi connectivity index (χ0v) is 16.0. The average Bonchev–Trinajstić information content (AvgIpc) is 3.22. The predicted octanol–water partition coefficient (Wildman–Crippen LogP) is 2.44. The number of likely N-dealkylation sites (tertiary alicyclic amines) is 1. The van der Waals surface area contributed by atoms with E-state index in [9.17, 15) is 14.0 Å². The minimum atomic E-state index is -0.271. The van der Waals surface area contributed by atoms with Crippen LogP contribution >= 0.6 is 0 Å². The van der Waals surface area contributed by atoms with Gasteiger partial charge in [-0.15, -0.1) is 0 Å². The van der Waals surface area contributed by atoms with E-state index in [0.717, 1.165) is 24.8 Å². The van der Waals surface area contributed by atoms with Crippen molar-refractivity contribution in [3.63, 3.8) is 0 Å². The van der Waals surface area contributed by atoms with Gasteiger partial charge in [0.1, 0.15) is 11.5 Å². The molecule has 3 heterocycles. The van der Waals surface area contributed by atoms with Gasteiger partial charge in [-0.2, -0.15) is 5.10 Å². The van der Waals surface area contributed by atoms with Crippen molar-refractivity contribution >= 4 is 11.8 Å². The summed E-state index contributed by atoms with van der Waals surface area (Å²) in [6.07, 6.45) is 6.13. The maximum atomic E-state index is 13.4. The molecule has 0 aliphatic carbocycles. The molecule has 148 valence electrons. The molecular weight excluding hydrogens is 359 g/mol. The molecule has 2 aliphatic rings. The number of hydrogen-bond acceptors (Lipinski definition) is 3. The standard InChI is InChI=1S/C21H25FN4O2/c1-25-19(10-11-23-25)21(28)26-16(12-14-6-8-15(22)9-7-14)13-17-18(26)4-2-3-5-20(27)24-17/h6-11,16-18H,2-5,12-13H2,1H3,(H,24,27)/t16-,17+,18-/m1/s1. The van der Waals surface area contributed by atoms with Crippen molar-refractivity contribution in [3.8, 4) is 0 Å². The first-order chi connectivity index (χ1) is 13.5. The number of amides is 2. The highest BCUT2D eigenvalue weighted by Gasteiger charge is 2.45. The summed E-state index contributed by atoms with van der Waals surface area (Å²) in [7, 11) is 1.76. The van der Waals surface area contributed by atoms with Gasteiger partial charge in [-0.1, -0.05) is 18.6 Å². The lowest BCUT2D eigenvalue weighted by Gasteiger charge is -2.33. The highest BCUT2D eigenvalue weighted by atomic mass is 19.1. The number of benzene rings is 1. The summed E-state index contributed by atoms with van der Waals surface area (Å²) < 4.78 is 14.9. The van der Waals surface area contributed by atoms with Crippen LogP contribution in [0.1, 0.15) is 48.2 Å². The van der Waals surface area contributed by atoms with E-state index in [1.165, 1.54) is 12.1 Å². The first-order valence-corrected chi connectivity index (χ1v) is 9.87. The molecule has 0 spiro atoms. The fourth-order valence-electron chi connectivity index (χ4n) is 4.55. The molecule has 0 saturated carbocycles. The molecule has 2 aromatic rings. The number of rotatable bonds is 3. The van der Waals surface area contributed by atoms with Crippen LogP contribution in [0.2, 0.25) is 0 Å². The summed E-state index contributed by atoms with van der Waals surface area (Å²) in [4.78, 5) is 27.5. The fourth-order valence-corrected chi connectivity index (χ4v) is 4.55. The van der Waals surface area contributed by atoms with E-state index in [4.69, 9.17) is 0 Å². The SMILES string of the molecule is Cn1nccc1C(=O)N1[C@H](Cc2ccc(F)cc2)C[C@@H]2NC(=O)CCCC[C@H]21. The topological polar surface area (TPSA) is 67.2 Å².